The molecule has 2 rings (SSSR count). The Labute approximate surface area is 99.1 Å². The predicted octanol–water partition coefficient (Wildman–Crippen LogP) is 0.180. The molecule has 2 aliphatic heterocycles. The summed E-state index contributed by atoms with van der Waals surface area (Å²) in [6, 6.07) is 0.00937. The Kier molecular flexibility index (Phi) is 3.54. The van der Waals surface area contributed by atoms with Gasteiger partial charge in [-0.2, -0.15) is 0 Å². The average Bonchev–Trinajstić information content (AvgIpc) is 2.89. The largest absolute Gasteiger partial charge is 0.372 e. The fourth-order valence-electron chi connectivity index (χ4n) is 1.45. The van der Waals surface area contributed by atoms with Crippen LogP contribution in [0.2, 0.25) is 0 Å². The molecule has 2 unspecified atom stereocenters. The Morgan fingerprint density at radius 1 is 1.60 bits per heavy atom. The molecule has 0 aromatic carbocycles. The molecule has 1 N–H and O–H groups in total. The standard InChI is InChI=1S/C8H13NO3S3/c10-15(11)2-1-6(5-15)9-8(13)14-4-7-3-12-7/h6-7H,1-5H2,(H,9,13). The van der Waals surface area contributed by atoms with E-state index in [9.17, 15) is 8.42 Å². The van der Waals surface area contributed by atoms with Crippen LogP contribution in [0.1, 0.15) is 6.42 Å². The average molecular weight is 267 g/mol. The van der Waals surface area contributed by atoms with E-state index < -0.39 is 9.84 Å². The lowest BCUT2D eigenvalue weighted by Crippen LogP contribution is -2.33. The Morgan fingerprint density at radius 2 is 2.33 bits per heavy atom. The molecule has 2 aliphatic rings. The summed E-state index contributed by atoms with van der Waals surface area (Å²) < 4.78 is 28.1. The highest BCUT2D eigenvalue weighted by molar-refractivity contribution is 8.23. The van der Waals surface area contributed by atoms with Crippen LogP contribution in [0.4, 0.5) is 0 Å². The number of ether oxygens (including phenoxy) is 1. The molecular weight excluding hydrogens is 254 g/mol. The lowest BCUT2D eigenvalue weighted by molar-refractivity contribution is 0.426. The fraction of sp³-hybridized carbons (Fsp3) is 0.875. The lowest BCUT2D eigenvalue weighted by Gasteiger charge is -2.11. The molecule has 2 heterocycles. The van der Waals surface area contributed by atoms with Crippen molar-refractivity contribution >= 4 is 38.1 Å². The Hall–Kier alpha value is 0.150. The van der Waals surface area contributed by atoms with Gasteiger partial charge in [0.25, 0.3) is 0 Å². The van der Waals surface area contributed by atoms with Crippen LogP contribution in [0.25, 0.3) is 0 Å². The molecule has 2 saturated heterocycles. The molecule has 0 radical (unpaired) electrons. The quantitative estimate of drug-likeness (QED) is 0.581. The number of epoxide rings is 1. The van der Waals surface area contributed by atoms with Crippen LogP contribution in [0, 0.1) is 0 Å². The molecule has 4 nitrogen and oxygen atoms in total. The first-order chi connectivity index (χ1) is 7.05. The van der Waals surface area contributed by atoms with Crippen molar-refractivity contribution in [3.05, 3.63) is 0 Å². The summed E-state index contributed by atoms with van der Waals surface area (Å²) in [5, 5.41) is 3.08. The van der Waals surface area contributed by atoms with E-state index >= 15 is 0 Å². The summed E-state index contributed by atoms with van der Waals surface area (Å²) in [7, 11) is -2.82. The third-order valence-corrected chi connectivity index (χ3v) is 5.51. The minimum absolute atomic E-state index is 0.00937. The molecule has 0 aliphatic carbocycles. The van der Waals surface area contributed by atoms with Crippen LogP contribution in [0.15, 0.2) is 0 Å². The maximum atomic E-state index is 11.2. The summed E-state index contributed by atoms with van der Waals surface area (Å²) in [4.78, 5) is 0. The van der Waals surface area contributed by atoms with Gasteiger partial charge in [0.05, 0.1) is 24.2 Å². The maximum absolute atomic E-state index is 11.2. The first-order valence-electron chi connectivity index (χ1n) is 4.80. The van der Waals surface area contributed by atoms with Crippen molar-refractivity contribution in [3.8, 4) is 0 Å². The molecule has 2 atom stereocenters. The van der Waals surface area contributed by atoms with Gasteiger partial charge in [0.2, 0.25) is 0 Å². The molecule has 7 heteroatoms. The van der Waals surface area contributed by atoms with Gasteiger partial charge in [-0.15, -0.1) is 0 Å². The number of thioether (sulfide) groups is 1. The number of rotatable bonds is 3. The number of thiocarbonyl (C=S) groups is 1. The van der Waals surface area contributed by atoms with Crippen molar-refractivity contribution in [2.75, 3.05) is 23.9 Å². The van der Waals surface area contributed by atoms with Gasteiger partial charge >= 0.3 is 0 Å². The van der Waals surface area contributed by atoms with E-state index in [2.05, 4.69) is 5.32 Å². The zero-order valence-electron chi connectivity index (χ0n) is 8.14. The van der Waals surface area contributed by atoms with E-state index in [4.69, 9.17) is 17.0 Å². The van der Waals surface area contributed by atoms with Crippen molar-refractivity contribution in [1.29, 1.82) is 0 Å². The van der Waals surface area contributed by atoms with E-state index in [0.29, 0.717) is 16.8 Å². The fourth-order valence-corrected chi connectivity index (χ4v) is 4.27. The van der Waals surface area contributed by atoms with Crippen molar-refractivity contribution in [2.24, 2.45) is 0 Å². The van der Waals surface area contributed by atoms with Crippen LogP contribution in [0.5, 0.6) is 0 Å². The molecule has 0 saturated carbocycles. The number of sulfone groups is 1. The highest BCUT2D eigenvalue weighted by Gasteiger charge is 2.29. The molecule has 2 fully saturated rings. The first-order valence-corrected chi connectivity index (χ1v) is 8.02. The minimum atomic E-state index is -2.82. The second kappa shape index (κ2) is 4.57. The zero-order valence-corrected chi connectivity index (χ0v) is 10.6. The molecule has 15 heavy (non-hydrogen) atoms. The normalized spacial score (nSPS) is 32.5. The Morgan fingerprint density at radius 3 is 2.87 bits per heavy atom. The highest BCUT2D eigenvalue weighted by atomic mass is 32.2. The second-order valence-corrected chi connectivity index (χ2v) is 7.72. The van der Waals surface area contributed by atoms with Crippen LogP contribution in [-0.2, 0) is 14.6 Å². The maximum Gasteiger partial charge on any atom is 0.152 e. The molecule has 0 amide bonds. The predicted molar refractivity (Wildman–Crippen MR) is 65.0 cm³/mol. The van der Waals surface area contributed by atoms with Gasteiger partial charge in [-0.25, -0.2) is 8.42 Å². The van der Waals surface area contributed by atoms with E-state index in [-0.39, 0.29) is 17.5 Å². The van der Waals surface area contributed by atoms with E-state index in [1.54, 1.807) is 0 Å². The molecule has 0 aromatic rings. The second-order valence-electron chi connectivity index (χ2n) is 3.80. The molecule has 0 aromatic heterocycles. The highest BCUT2D eigenvalue weighted by Crippen LogP contribution is 2.18. The summed E-state index contributed by atoms with van der Waals surface area (Å²) in [5.41, 5.74) is 0. The van der Waals surface area contributed by atoms with Crippen LogP contribution in [0.3, 0.4) is 0 Å². The van der Waals surface area contributed by atoms with E-state index in [1.165, 1.54) is 11.8 Å². The number of nitrogens with one attached hydrogen (secondary N) is 1. The van der Waals surface area contributed by atoms with Gasteiger partial charge < -0.3 is 10.1 Å². The summed E-state index contributed by atoms with van der Waals surface area (Å²) >= 11 is 6.65. The SMILES string of the molecule is O=S1(=O)CCC(NC(=S)SCC2CO2)C1. The van der Waals surface area contributed by atoms with E-state index in [1.807, 2.05) is 0 Å². The van der Waals surface area contributed by atoms with Gasteiger partial charge in [-0.3, -0.25) is 0 Å². The van der Waals surface area contributed by atoms with Gasteiger partial charge in [-0.1, -0.05) is 24.0 Å². The lowest BCUT2D eigenvalue weighted by atomic mass is 10.3. The smallest absolute Gasteiger partial charge is 0.152 e. The van der Waals surface area contributed by atoms with Crippen LogP contribution in [-0.4, -0.2) is 48.7 Å². The van der Waals surface area contributed by atoms with Gasteiger partial charge in [0.1, 0.15) is 4.32 Å². The first kappa shape index (κ1) is 11.6. The summed E-state index contributed by atoms with van der Waals surface area (Å²) in [6.07, 6.45) is 1.02. The third kappa shape index (κ3) is 3.90. The molecular formula is C8H13NO3S3. The molecule has 0 bridgehead atoms. The van der Waals surface area contributed by atoms with Crippen molar-refractivity contribution in [2.45, 2.75) is 18.6 Å². The summed E-state index contributed by atoms with van der Waals surface area (Å²) in [5.74, 6) is 1.36. The zero-order chi connectivity index (χ0) is 10.9. The Bertz CT molecular complexity index is 350. The molecule has 86 valence electrons. The summed E-state index contributed by atoms with van der Waals surface area (Å²) in [6.45, 7) is 0.827. The molecule has 0 spiro atoms. The Balaban J connectivity index is 1.69. The van der Waals surface area contributed by atoms with E-state index in [0.717, 1.165) is 12.4 Å². The van der Waals surface area contributed by atoms with Gasteiger partial charge in [0.15, 0.2) is 9.84 Å². The van der Waals surface area contributed by atoms with Gasteiger partial charge in [0, 0.05) is 11.8 Å². The topological polar surface area (TPSA) is 58.7 Å². The van der Waals surface area contributed by atoms with Gasteiger partial charge in [-0.05, 0) is 6.42 Å². The third-order valence-electron chi connectivity index (χ3n) is 2.36. The van der Waals surface area contributed by atoms with Crippen molar-refractivity contribution < 1.29 is 13.2 Å². The number of hydrogen-bond donors (Lipinski definition) is 1. The van der Waals surface area contributed by atoms with Crippen molar-refractivity contribution in [3.63, 3.8) is 0 Å². The van der Waals surface area contributed by atoms with Crippen LogP contribution >= 0.6 is 24.0 Å². The minimum Gasteiger partial charge on any atom is -0.372 e. The van der Waals surface area contributed by atoms with Crippen LogP contribution < -0.4 is 5.32 Å². The number of hydrogen-bond acceptors (Lipinski definition) is 5. The van der Waals surface area contributed by atoms with Crippen molar-refractivity contribution in [1.82, 2.24) is 5.32 Å². The monoisotopic (exact) mass is 267 g/mol.